The number of carbonyl (C=O) groups excluding carboxylic acids is 1. The third-order valence-electron chi connectivity index (χ3n) is 2.62. The molecule has 0 atom stereocenters. The van der Waals surface area contributed by atoms with E-state index in [0.717, 1.165) is 18.2 Å². The predicted molar refractivity (Wildman–Crippen MR) is 60.9 cm³/mol. The maximum absolute atomic E-state index is 13.5. The molecule has 2 aromatic rings. The Kier molecular flexibility index (Phi) is 3.38. The zero-order chi connectivity index (χ0) is 14.2. The molecule has 2 rings (SSSR count). The standard InChI is InChI=1S/C14H8F4O/c1-7-2-11(13(18)6-12(7)17)14(19)8-3-9(15)5-10(16)4-8/h2-6H,1H3. The summed E-state index contributed by atoms with van der Waals surface area (Å²) < 4.78 is 52.6. The van der Waals surface area contributed by atoms with Crippen LogP contribution in [0.25, 0.3) is 0 Å². The minimum atomic E-state index is -1.07. The van der Waals surface area contributed by atoms with Crippen molar-refractivity contribution in [2.75, 3.05) is 0 Å². The number of hydrogen-bond acceptors (Lipinski definition) is 1. The molecule has 0 heterocycles. The molecule has 0 fully saturated rings. The Morgan fingerprint density at radius 3 is 2.00 bits per heavy atom. The summed E-state index contributed by atoms with van der Waals surface area (Å²) in [5.74, 6) is -4.65. The van der Waals surface area contributed by atoms with Crippen molar-refractivity contribution in [2.24, 2.45) is 0 Å². The van der Waals surface area contributed by atoms with Gasteiger partial charge in [-0.1, -0.05) is 0 Å². The summed E-state index contributed by atoms with van der Waals surface area (Å²) in [5.41, 5.74) is -0.687. The summed E-state index contributed by atoms with van der Waals surface area (Å²) >= 11 is 0. The molecule has 0 aromatic heterocycles. The fraction of sp³-hybridized carbons (Fsp3) is 0.0714. The summed E-state index contributed by atoms with van der Waals surface area (Å²) in [4.78, 5) is 11.9. The van der Waals surface area contributed by atoms with Crippen molar-refractivity contribution in [3.8, 4) is 0 Å². The van der Waals surface area contributed by atoms with Gasteiger partial charge < -0.3 is 0 Å². The van der Waals surface area contributed by atoms with Crippen LogP contribution < -0.4 is 0 Å². The van der Waals surface area contributed by atoms with E-state index >= 15 is 0 Å². The SMILES string of the molecule is Cc1cc(C(=O)c2cc(F)cc(F)c2)c(F)cc1F. The van der Waals surface area contributed by atoms with Crippen molar-refractivity contribution in [2.45, 2.75) is 6.92 Å². The number of carbonyl (C=O) groups is 1. The first kappa shape index (κ1) is 13.3. The lowest BCUT2D eigenvalue weighted by molar-refractivity contribution is 0.103. The molecule has 98 valence electrons. The summed E-state index contributed by atoms with van der Waals surface area (Å²) in [5, 5.41) is 0. The number of hydrogen-bond donors (Lipinski definition) is 0. The second-order valence-electron chi connectivity index (χ2n) is 4.07. The first-order valence-corrected chi connectivity index (χ1v) is 5.35. The fourth-order valence-corrected chi connectivity index (χ4v) is 1.67. The van der Waals surface area contributed by atoms with E-state index in [2.05, 4.69) is 0 Å². The van der Waals surface area contributed by atoms with Gasteiger partial charge in [0, 0.05) is 17.7 Å². The van der Waals surface area contributed by atoms with E-state index in [1.54, 1.807) is 0 Å². The van der Waals surface area contributed by atoms with Gasteiger partial charge in [0.1, 0.15) is 23.3 Å². The molecule has 0 saturated carbocycles. The Balaban J connectivity index is 2.53. The van der Waals surface area contributed by atoms with Gasteiger partial charge in [0.05, 0.1) is 5.56 Å². The highest BCUT2D eigenvalue weighted by Crippen LogP contribution is 2.19. The maximum atomic E-state index is 13.5. The Labute approximate surface area is 106 Å². The van der Waals surface area contributed by atoms with E-state index in [4.69, 9.17) is 0 Å². The van der Waals surface area contributed by atoms with Crippen LogP contribution in [0.1, 0.15) is 21.5 Å². The number of halogens is 4. The maximum Gasteiger partial charge on any atom is 0.196 e. The molecule has 0 saturated heterocycles. The molecule has 0 aliphatic carbocycles. The van der Waals surface area contributed by atoms with Crippen LogP contribution in [-0.2, 0) is 0 Å². The van der Waals surface area contributed by atoms with Gasteiger partial charge >= 0.3 is 0 Å². The lowest BCUT2D eigenvalue weighted by Gasteiger charge is -2.05. The van der Waals surface area contributed by atoms with Gasteiger partial charge in [0.15, 0.2) is 5.78 Å². The van der Waals surface area contributed by atoms with Gasteiger partial charge in [0.2, 0.25) is 0 Å². The molecule has 0 spiro atoms. The smallest absolute Gasteiger partial charge is 0.196 e. The highest BCUT2D eigenvalue weighted by atomic mass is 19.1. The summed E-state index contributed by atoms with van der Waals surface area (Å²) in [7, 11) is 0. The molecule has 0 aliphatic heterocycles. The number of rotatable bonds is 2. The van der Waals surface area contributed by atoms with Gasteiger partial charge in [-0.3, -0.25) is 4.79 Å². The van der Waals surface area contributed by atoms with Crippen LogP contribution in [0, 0.1) is 30.2 Å². The normalized spacial score (nSPS) is 10.6. The van der Waals surface area contributed by atoms with Crippen LogP contribution in [0.5, 0.6) is 0 Å². The van der Waals surface area contributed by atoms with Crippen LogP contribution in [0.2, 0.25) is 0 Å². The van der Waals surface area contributed by atoms with E-state index in [1.807, 2.05) is 0 Å². The zero-order valence-electron chi connectivity index (χ0n) is 9.81. The minimum Gasteiger partial charge on any atom is -0.288 e. The Bertz CT molecular complexity index is 644. The number of ketones is 1. The third-order valence-corrected chi connectivity index (χ3v) is 2.62. The second-order valence-corrected chi connectivity index (χ2v) is 4.07. The van der Waals surface area contributed by atoms with Crippen LogP contribution in [0.4, 0.5) is 17.6 Å². The van der Waals surface area contributed by atoms with Gasteiger partial charge in [-0.15, -0.1) is 0 Å². The van der Waals surface area contributed by atoms with E-state index in [0.29, 0.717) is 12.1 Å². The van der Waals surface area contributed by atoms with E-state index < -0.39 is 34.6 Å². The average Bonchev–Trinajstić information content (AvgIpc) is 2.31. The Hall–Kier alpha value is -2.17. The summed E-state index contributed by atoms with van der Waals surface area (Å²) in [6.07, 6.45) is 0. The van der Waals surface area contributed by atoms with Crippen molar-refractivity contribution in [3.63, 3.8) is 0 Å². The fourth-order valence-electron chi connectivity index (χ4n) is 1.67. The molecule has 0 unspecified atom stereocenters. The summed E-state index contributed by atoms with van der Waals surface area (Å²) in [6, 6.07) is 3.77. The molecule has 0 amide bonds. The lowest BCUT2D eigenvalue weighted by Crippen LogP contribution is -2.07. The second kappa shape index (κ2) is 4.84. The summed E-state index contributed by atoms with van der Waals surface area (Å²) in [6.45, 7) is 1.36. The van der Waals surface area contributed by atoms with Gasteiger partial charge in [-0.2, -0.15) is 0 Å². The van der Waals surface area contributed by atoms with Crippen molar-refractivity contribution >= 4 is 5.78 Å². The topological polar surface area (TPSA) is 17.1 Å². The minimum absolute atomic E-state index is 0.0709. The average molecular weight is 268 g/mol. The molecule has 1 nitrogen and oxygen atoms in total. The molecule has 5 heteroatoms. The van der Waals surface area contributed by atoms with Gasteiger partial charge in [-0.25, -0.2) is 17.6 Å². The van der Waals surface area contributed by atoms with Crippen LogP contribution in [-0.4, -0.2) is 5.78 Å². The molecule has 19 heavy (non-hydrogen) atoms. The predicted octanol–water partition coefficient (Wildman–Crippen LogP) is 3.78. The third kappa shape index (κ3) is 2.65. The van der Waals surface area contributed by atoms with Crippen LogP contribution in [0.3, 0.4) is 0 Å². The van der Waals surface area contributed by atoms with Crippen molar-refractivity contribution in [3.05, 3.63) is 70.3 Å². The van der Waals surface area contributed by atoms with Gasteiger partial charge in [-0.05, 0) is 30.7 Å². The van der Waals surface area contributed by atoms with Crippen molar-refractivity contribution in [1.82, 2.24) is 0 Å². The van der Waals surface area contributed by atoms with E-state index in [9.17, 15) is 22.4 Å². The first-order chi connectivity index (χ1) is 8.88. The Morgan fingerprint density at radius 2 is 1.42 bits per heavy atom. The molecule has 0 aliphatic rings. The number of benzene rings is 2. The van der Waals surface area contributed by atoms with Crippen LogP contribution in [0.15, 0.2) is 30.3 Å². The van der Waals surface area contributed by atoms with Crippen molar-refractivity contribution < 1.29 is 22.4 Å². The first-order valence-electron chi connectivity index (χ1n) is 5.35. The molecule has 2 aromatic carbocycles. The monoisotopic (exact) mass is 268 g/mol. The van der Waals surface area contributed by atoms with E-state index in [1.165, 1.54) is 6.92 Å². The highest BCUT2D eigenvalue weighted by molar-refractivity contribution is 6.09. The molecule has 0 N–H and O–H groups in total. The molecular weight excluding hydrogens is 260 g/mol. The van der Waals surface area contributed by atoms with E-state index in [-0.39, 0.29) is 11.1 Å². The van der Waals surface area contributed by atoms with Crippen LogP contribution >= 0.6 is 0 Å². The molecule has 0 radical (unpaired) electrons. The van der Waals surface area contributed by atoms with Gasteiger partial charge in [0.25, 0.3) is 0 Å². The largest absolute Gasteiger partial charge is 0.288 e. The highest BCUT2D eigenvalue weighted by Gasteiger charge is 2.17. The number of aryl methyl sites for hydroxylation is 1. The molecular formula is C14H8F4O. The molecule has 0 bridgehead atoms. The van der Waals surface area contributed by atoms with Crippen molar-refractivity contribution in [1.29, 1.82) is 0 Å². The lowest BCUT2D eigenvalue weighted by atomic mass is 10.0. The quantitative estimate of drug-likeness (QED) is 0.598. The zero-order valence-corrected chi connectivity index (χ0v) is 9.81. The Morgan fingerprint density at radius 1 is 0.842 bits per heavy atom.